The van der Waals surface area contributed by atoms with Crippen molar-refractivity contribution in [1.29, 1.82) is 0 Å². The molecule has 0 unspecified atom stereocenters. The molecule has 0 spiro atoms. The number of aromatic nitrogens is 1. The number of sulfonamides is 1. The first kappa shape index (κ1) is 14.6. The number of hydrogen-bond donors (Lipinski definition) is 2. The van der Waals surface area contributed by atoms with Gasteiger partial charge in [0.1, 0.15) is 0 Å². The fourth-order valence-electron chi connectivity index (χ4n) is 1.80. The predicted octanol–water partition coefficient (Wildman–Crippen LogP) is 1.33. The van der Waals surface area contributed by atoms with E-state index in [1.54, 1.807) is 36.7 Å². The van der Waals surface area contributed by atoms with Crippen LogP contribution >= 0.6 is 0 Å². The summed E-state index contributed by atoms with van der Waals surface area (Å²) >= 11 is 0. The van der Waals surface area contributed by atoms with Crippen LogP contribution in [0.15, 0.2) is 47.6 Å². The number of rotatable bonds is 5. The molecule has 0 atom stereocenters. The highest BCUT2D eigenvalue weighted by Gasteiger charge is 2.14. The molecule has 0 aliphatic rings. The maximum atomic E-state index is 12.2. The number of nitrogens with two attached hydrogens (primary N) is 1. The molecule has 0 radical (unpaired) electrons. The first-order valence-electron chi connectivity index (χ1n) is 6.21. The third-order valence-electron chi connectivity index (χ3n) is 3.04. The average Bonchev–Trinajstić information content (AvgIpc) is 2.46. The molecule has 0 fully saturated rings. The van der Waals surface area contributed by atoms with Crippen LogP contribution in [0, 0.1) is 6.92 Å². The van der Waals surface area contributed by atoms with Crippen LogP contribution in [0.1, 0.15) is 16.7 Å². The first-order valence-corrected chi connectivity index (χ1v) is 7.69. The molecule has 0 amide bonds. The molecule has 1 aromatic carbocycles. The summed E-state index contributed by atoms with van der Waals surface area (Å²) in [5.41, 5.74) is 8.22. The normalized spacial score (nSPS) is 11.5. The minimum Gasteiger partial charge on any atom is -0.326 e. The monoisotopic (exact) mass is 291 g/mol. The lowest BCUT2D eigenvalue weighted by Crippen LogP contribution is -2.23. The molecule has 0 saturated carbocycles. The van der Waals surface area contributed by atoms with Gasteiger partial charge in [-0.2, -0.15) is 0 Å². The van der Waals surface area contributed by atoms with Crippen LogP contribution in [-0.2, 0) is 23.1 Å². The summed E-state index contributed by atoms with van der Waals surface area (Å²) < 4.78 is 27.0. The lowest BCUT2D eigenvalue weighted by atomic mass is 10.1. The van der Waals surface area contributed by atoms with Crippen molar-refractivity contribution in [3.63, 3.8) is 0 Å². The van der Waals surface area contributed by atoms with Gasteiger partial charge in [-0.25, -0.2) is 13.1 Å². The molecule has 0 saturated heterocycles. The second kappa shape index (κ2) is 6.13. The van der Waals surface area contributed by atoms with Gasteiger partial charge in [0.25, 0.3) is 0 Å². The van der Waals surface area contributed by atoms with Gasteiger partial charge in [0.05, 0.1) is 4.90 Å². The van der Waals surface area contributed by atoms with Crippen molar-refractivity contribution in [1.82, 2.24) is 9.71 Å². The van der Waals surface area contributed by atoms with Gasteiger partial charge in [-0.15, -0.1) is 0 Å². The summed E-state index contributed by atoms with van der Waals surface area (Å²) in [5.74, 6) is 0. The number of nitrogens with zero attached hydrogens (tertiary/aromatic N) is 1. The Morgan fingerprint density at radius 3 is 2.75 bits per heavy atom. The van der Waals surface area contributed by atoms with Crippen molar-refractivity contribution in [2.45, 2.75) is 24.9 Å². The molecular weight excluding hydrogens is 274 g/mol. The molecule has 0 bridgehead atoms. The number of benzene rings is 1. The van der Waals surface area contributed by atoms with E-state index in [9.17, 15) is 8.42 Å². The Balaban J connectivity index is 2.18. The molecule has 1 heterocycles. The van der Waals surface area contributed by atoms with Gasteiger partial charge in [0, 0.05) is 25.5 Å². The zero-order valence-electron chi connectivity index (χ0n) is 11.2. The molecule has 2 aromatic rings. The summed E-state index contributed by atoms with van der Waals surface area (Å²) in [6, 6.07) is 8.54. The van der Waals surface area contributed by atoms with E-state index in [1.165, 1.54) is 0 Å². The summed E-state index contributed by atoms with van der Waals surface area (Å²) in [4.78, 5) is 4.17. The number of nitrogens with one attached hydrogen (secondary N) is 1. The highest BCUT2D eigenvalue weighted by atomic mass is 32.2. The van der Waals surface area contributed by atoms with E-state index in [2.05, 4.69) is 9.71 Å². The topological polar surface area (TPSA) is 85.1 Å². The minimum atomic E-state index is -3.54. The van der Waals surface area contributed by atoms with Crippen LogP contribution in [0.4, 0.5) is 0 Å². The van der Waals surface area contributed by atoms with Crippen molar-refractivity contribution in [3.8, 4) is 0 Å². The molecule has 2 rings (SSSR count). The molecule has 1 aromatic heterocycles. The van der Waals surface area contributed by atoms with Crippen LogP contribution in [0.25, 0.3) is 0 Å². The van der Waals surface area contributed by atoms with E-state index < -0.39 is 10.0 Å². The third-order valence-corrected chi connectivity index (χ3v) is 4.44. The fourth-order valence-corrected chi connectivity index (χ4v) is 2.87. The SMILES string of the molecule is Cc1ccc(S(=O)(=O)NCc2cccnc2)cc1CN. The number of hydrogen-bond acceptors (Lipinski definition) is 4. The number of pyridine rings is 1. The Morgan fingerprint density at radius 2 is 2.10 bits per heavy atom. The predicted molar refractivity (Wildman–Crippen MR) is 77.3 cm³/mol. The van der Waals surface area contributed by atoms with Crippen LogP contribution in [-0.4, -0.2) is 13.4 Å². The van der Waals surface area contributed by atoms with Crippen LogP contribution in [0.5, 0.6) is 0 Å². The Labute approximate surface area is 118 Å². The largest absolute Gasteiger partial charge is 0.326 e. The molecule has 3 N–H and O–H groups in total. The van der Waals surface area contributed by atoms with Gasteiger partial charge in [-0.3, -0.25) is 4.98 Å². The Bertz CT molecular complexity index is 685. The van der Waals surface area contributed by atoms with Gasteiger partial charge in [0.15, 0.2) is 0 Å². The van der Waals surface area contributed by atoms with E-state index in [1.807, 2.05) is 13.0 Å². The van der Waals surface area contributed by atoms with E-state index in [-0.39, 0.29) is 11.4 Å². The molecule has 20 heavy (non-hydrogen) atoms. The van der Waals surface area contributed by atoms with E-state index in [0.717, 1.165) is 16.7 Å². The van der Waals surface area contributed by atoms with Crippen molar-refractivity contribution in [3.05, 3.63) is 59.4 Å². The molecular formula is C14H17N3O2S. The maximum Gasteiger partial charge on any atom is 0.240 e. The molecule has 6 heteroatoms. The summed E-state index contributed by atoms with van der Waals surface area (Å²) in [6.07, 6.45) is 3.27. The average molecular weight is 291 g/mol. The van der Waals surface area contributed by atoms with Crippen molar-refractivity contribution in [2.75, 3.05) is 0 Å². The second-order valence-electron chi connectivity index (χ2n) is 4.48. The van der Waals surface area contributed by atoms with E-state index in [0.29, 0.717) is 6.54 Å². The summed E-state index contributed by atoms with van der Waals surface area (Å²) in [6.45, 7) is 2.43. The van der Waals surface area contributed by atoms with Gasteiger partial charge >= 0.3 is 0 Å². The van der Waals surface area contributed by atoms with Crippen molar-refractivity contribution < 1.29 is 8.42 Å². The van der Waals surface area contributed by atoms with Crippen molar-refractivity contribution >= 4 is 10.0 Å². The van der Waals surface area contributed by atoms with Gasteiger partial charge < -0.3 is 5.73 Å². The third kappa shape index (κ3) is 3.41. The maximum absolute atomic E-state index is 12.2. The molecule has 106 valence electrons. The summed E-state index contributed by atoms with van der Waals surface area (Å²) in [5, 5.41) is 0. The van der Waals surface area contributed by atoms with Gasteiger partial charge in [0.2, 0.25) is 10.0 Å². The molecule has 5 nitrogen and oxygen atoms in total. The van der Waals surface area contributed by atoms with Crippen LogP contribution < -0.4 is 10.5 Å². The lowest BCUT2D eigenvalue weighted by molar-refractivity contribution is 0.581. The number of aryl methyl sites for hydroxylation is 1. The van der Waals surface area contributed by atoms with E-state index >= 15 is 0 Å². The quantitative estimate of drug-likeness (QED) is 0.870. The second-order valence-corrected chi connectivity index (χ2v) is 6.25. The molecule has 0 aliphatic heterocycles. The van der Waals surface area contributed by atoms with Crippen LogP contribution in [0.3, 0.4) is 0 Å². The smallest absolute Gasteiger partial charge is 0.240 e. The van der Waals surface area contributed by atoms with Crippen molar-refractivity contribution in [2.24, 2.45) is 5.73 Å². The first-order chi connectivity index (χ1) is 9.53. The van der Waals surface area contributed by atoms with Crippen LogP contribution in [0.2, 0.25) is 0 Å². The zero-order chi connectivity index (χ0) is 14.6. The highest BCUT2D eigenvalue weighted by molar-refractivity contribution is 7.89. The Morgan fingerprint density at radius 1 is 1.30 bits per heavy atom. The fraction of sp³-hybridized carbons (Fsp3) is 0.214. The standard InChI is InChI=1S/C14H17N3O2S/c1-11-4-5-14(7-13(11)8-15)20(18,19)17-10-12-3-2-6-16-9-12/h2-7,9,17H,8,10,15H2,1H3. The zero-order valence-corrected chi connectivity index (χ0v) is 12.0. The lowest BCUT2D eigenvalue weighted by Gasteiger charge is -2.09. The minimum absolute atomic E-state index is 0.210. The van der Waals surface area contributed by atoms with Gasteiger partial charge in [-0.1, -0.05) is 12.1 Å². The Kier molecular flexibility index (Phi) is 4.49. The van der Waals surface area contributed by atoms with E-state index in [4.69, 9.17) is 5.73 Å². The Hall–Kier alpha value is -1.76. The summed E-state index contributed by atoms with van der Waals surface area (Å²) in [7, 11) is -3.54. The van der Waals surface area contributed by atoms with Gasteiger partial charge in [-0.05, 0) is 41.8 Å². The highest BCUT2D eigenvalue weighted by Crippen LogP contribution is 2.15. The molecule has 0 aliphatic carbocycles.